The van der Waals surface area contributed by atoms with Crippen molar-refractivity contribution in [2.24, 2.45) is 0 Å². The highest BCUT2D eigenvalue weighted by atomic mass is 32.2. The molecule has 4 heteroatoms. The van der Waals surface area contributed by atoms with Crippen LogP contribution in [-0.2, 0) is 20.9 Å². The summed E-state index contributed by atoms with van der Waals surface area (Å²) in [6.45, 7) is 3.69. The number of carbonyl (C=O) groups is 2. The molecule has 0 unspecified atom stereocenters. The molecular weight excluding hydrogens is 332 g/mol. The van der Waals surface area contributed by atoms with Gasteiger partial charge in [-0.2, -0.15) is 0 Å². The van der Waals surface area contributed by atoms with Crippen molar-refractivity contribution in [3.05, 3.63) is 77.9 Å². The quantitative estimate of drug-likeness (QED) is 0.665. The average molecular weight is 354 g/mol. The van der Waals surface area contributed by atoms with Crippen molar-refractivity contribution in [3.8, 4) is 0 Å². The molecule has 0 amide bonds. The lowest BCUT2D eigenvalue weighted by atomic mass is 10.1. The van der Waals surface area contributed by atoms with Crippen molar-refractivity contribution in [1.82, 2.24) is 0 Å². The fraction of sp³-hybridized carbons (Fsp3) is 0.238. The minimum atomic E-state index is -1.06. The van der Waals surface area contributed by atoms with Gasteiger partial charge in [-0.3, -0.25) is 9.59 Å². The van der Waals surface area contributed by atoms with Crippen LogP contribution in [0, 0.1) is 0 Å². The Balaban J connectivity index is 2.14. The van der Waals surface area contributed by atoms with Crippen LogP contribution in [0.5, 0.6) is 0 Å². The molecule has 1 atom stereocenters. The van der Waals surface area contributed by atoms with Crippen LogP contribution < -0.4 is 0 Å². The first kappa shape index (κ1) is 19.0. The molecule has 2 aromatic carbocycles. The van der Waals surface area contributed by atoms with Crippen LogP contribution in [0.3, 0.4) is 0 Å². The van der Waals surface area contributed by atoms with Gasteiger partial charge in [-0.15, -0.1) is 0 Å². The van der Waals surface area contributed by atoms with Crippen LogP contribution in [-0.4, -0.2) is 15.8 Å². The topological polar surface area (TPSA) is 43.4 Å². The van der Waals surface area contributed by atoms with E-state index < -0.39 is 10.7 Å². The van der Waals surface area contributed by atoms with Gasteiger partial charge in [-0.05, 0) is 18.1 Å². The molecule has 0 N–H and O–H groups in total. The van der Waals surface area contributed by atoms with E-state index in [1.54, 1.807) is 19.9 Å². The van der Waals surface area contributed by atoms with Gasteiger partial charge in [0.2, 0.25) is 0 Å². The zero-order valence-corrected chi connectivity index (χ0v) is 15.3. The number of benzene rings is 2. The maximum Gasteiger partial charge on any atom is 0.326 e. The number of rotatable bonds is 7. The van der Waals surface area contributed by atoms with Gasteiger partial charge in [0.05, 0.1) is 0 Å². The highest BCUT2D eigenvalue weighted by Gasteiger charge is 2.35. The maximum atomic E-state index is 12.7. The first-order valence-electron chi connectivity index (χ1n) is 8.21. The molecule has 0 aliphatic rings. The van der Waals surface area contributed by atoms with E-state index in [0.29, 0.717) is 6.42 Å². The average Bonchev–Trinajstić information content (AvgIpc) is 2.66. The van der Waals surface area contributed by atoms with E-state index in [0.717, 1.165) is 22.9 Å². The lowest BCUT2D eigenvalue weighted by Gasteiger charge is -2.22. The summed E-state index contributed by atoms with van der Waals surface area (Å²) in [5.41, 5.74) is 1.88. The third-order valence-electron chi connectivity index (χ3n) is 3.63. The number of hydrogen-bond acceptors (Lipinski definition) is 4. The number of thioether (sulfide) groups is 1. The van der Waals surface area contributed by atoms with Gasteiger partial charge in [0.1, 0.15) is 11.4 Å². The minimum absolute atomic E-state index is 0.0446. The first-order chi connectivity index (χ1) is 12.0. The first-order valence-corrected chi connectivity index (χ1v) is 9.02. The summed E-state index contributed by atoms with van der Waals surface area (Å²) in [6, 6.07) is 19.2. The number of esters is 1. The Morgan fingerprint density at radius 3 is 2.24 bits per heavy atom. The Hall–Kier alpha value is -2.33. The standard InChI is InChI=1S/C21H22O3S/c1-3-19(22)25-21(2,15-14-17-10-6-4-7-11-17)20(23)24-16-18-12-8-5-9-13-18/h4-15H,3,16H2,1-2H3/t21-/m0/s1. The number of ether oxygens (including phenoxy) is 1. The molecule has 0 bridgehead atoms. The molecule has 0 aromatic heterocycles. The van der Waals surface area contributed by atoms with Gasteiger partial charge in [-0.25, -0.2) is 0 Å². The van der Waals surface area contributed by atoms with Crippen molar-refractivity contribution in [2.45, 2.75) is 31.6 Å². The van der Waals surface area contributed by atoms with Gasteiger partial charge in [0, 0.05) is 6.42 Å². The molecule has 0 radical (unpaired) electrons. The van der Waals surface area contributed by atoms with E-state index in [4.69, 9.17) is 4.74 Å². The molecule has 130 valence electrons. The van der Waals surface area contributed by atoms with Crippen molar-refractivity contribution in [1.29, 1.82) is 0 Å². The smallest absolute Gasteiger partial charge is 0.326 e. The maximum absolute atomic E-state index is 12.7. The Bertz CT molecular complexity index is 725. The summed E-state index contributed by atoms with van der Waals surface area (Å²) < 4.78 is 4.41. The highest BCUT2D eigenvalue weighted by Crippen LogP contribution is 2.31. The molecule has 0 saturated carbocycles. The molecular formula is C21H22O3S. The van der Waals surface area contributed by atoms with E-state index in [1.165, 1.54) is 0 Å². The highest BCUT2D eigenvalue weighted by molar-refractivity contribution is 8.15. The third-order valence-corrected chi connectivity index (χ3v) is 4.87. The van der Waals surface area contributed by atoms with Crippen molar-refractivity contribution >= 4 is 28.9 Å². The van der Waals surface area contributed by atoms with Gasteiger partial charge < -0.3 is 4.74 Å². The fourth-order valence-electron chi connectivity index (χ4n) is 2.14. The summed E-state index contributed by atoms with van der Waals surface area (Å²) in [5.74, 6) is -0.421. The van der Waals surface area contributed by atoms with Crippen LogP contribution in [0.1, 0.15) is 31.4 Å². The monoisotopic (exact) mass is 354 g/mol. The lowest BCUT2D eigenvalue weighted by Crippen LogP contribution is -2.32. The molecule has 0 saturated heterocycles. The Kier molecular flexibility index (Phi) is 7.02. The van der Waals surface area contributed by atoms with Crippen molar-refractivity contribution in [3.63, 3.8) is 0 Å². The van der Waals surface area contributed by atoms with Gasteiger partial charge in [-0.1, -0.05) is 91.5 Å². The second-order valence-corrected chi connectivity index (χ2v) is 7.25. The van der Waals surface area contributed by atoms with Crippen molar-refractivity contribution in [2.75, 3.05) is 0 Å². The Morgan fingerprint density at radius 2 is 1.64 bits per heavy atom. The van der Waals surface area contributed by atoms with Crippen LogP contribution in [0.25, 0.3) is 6.08 Å². The van der Waals surface area contributed by atoms with Gasteiger partial charge in [0.15, 0.2) is 5.12 Å². The fourth-order valence-corrected chi connectivity index (χ4v) is 3.03. The zero-order valence-electron chi connectivity index (χ0n) is 14.5. The molecule has 0 aliphatic carbocycles. The summed E-state index contributed by atoms with van der Waals surface area (Å²) in [5, 5.41) is -0.0446. The van der Waals surface area contributed by atoms with Crippen LogP contribution in [0.15, 0.2) is 66.7 Å². The number of hydrogen-bond donors (Lipinski definition) is 0. The SMILES string of the molecule is CCC(=O)S[C@@](C)(C=Cc1ccccc1)C(=O)OCc1ccccc1. The van der Waals surface area contributed by atoms with E-state index in [1.807, 2.05) is 66.7 Å². The Morgan fingerprint density at radius 1 is 1.04 bits per heavy atom. The zero-order chi connectivity index (χ0) is 18.1. The molecule has 2 rings (SSSR count). The number of carbonyl (C=O) groups excluding carboxylic acids is 2. The van der Waals surface area contributed by atoms with Crippen LogP contribution in [0.4, 0.5) is 0 Å². The summed E-state index contributed by atoms with van der Waals surface area (Å²) in [6.07, 6.45) is 3.96. The Labute approximate surface area is 153 Å². The molecule has 0 fully saturated rings. The molecule has 3 nitrogen and oxygen atoms in total. The lowest BCUT2D eigenvalue weighted by molar-refractivity contribution is -0.146. The van der Waals surface area contributed by atoms with Crippen LogP contribution >= 0.6 is 11.8 Å². The van der Waals surface area contributed by atoms with E-state index in [2.05, 4.69) is 0 Å². The predicted octanol–water partition coefficient (Wildman–Crippen LogP) is 4.87. The largest absolute Gasteiger partial charge is 0.460 e. The van der Waals surface area contributed by atoms with Crippen LogP contribution in [0.2, 0.25) is 0 Å². The summed E-state index contributed by atoms with van der Waals surface area (Å²) in [7, 11) is 0. The summed E-state index contributed by atoms with van der Waals surface area (Å²) >= 11 is 1.01. The van der Waals surface area contributed by atoms with E-state index in [9.17, 15) is 9.59 Å². The second-order valence-electron chi connectivity index (χ2n) is 5.74. The normalized spacial score (nSPS) is 13.4. The molecule has 0 spiro atoms. The minimum Gasteiger partial charge on any atom is -0.460 e. The second kappa shape index (κ2) is 9.23. The molecule has 0 aliphatic heterocycles. The predicted molar refractivity (Wildman–Crippen MR) is 103 cm³/mol. The van der Waals surface area contributed by atoms with Crippen molar-refractivity contribution < 1.29 is 14.3 Å². The van der Waals surface area contributed by atoms with Gasteiger partial charge >= 0.3 is 5.97 Å². The molecule has 0 heterocycles. The molecule has 2 aromatic rings. The van der Waals surface area contributed by atoms with E-state index in [-0.39, 0.29) is 11.7 Å². The van der Waals surface area contributed by atoms with E-state index >= 15 is 0 Å². The molecule has 25 heavy (non-hydrogen) atoms. The summed E-state index contributed by atoms with van der Waals surface area (Å²) in [4.78, 5) is 24.6. The third kappa shape index (κ3) is 5.91. The van der Waals surface area contributed by atoms with Gasteiger partial charge in [0.25, 0.3) is 0 Å².